The molecular formula is C25H29NO4. The lowest BCUT2D eigenvalue weighted by Crippen LogP contribution is -2.55. The molecule has 2 aliphatic heterocycles. The number of amides is 1. The van der Waals surface area contributed by atoms with Crippen molar-refractivity contribution in [2.75, 3.05) is 7.11 Å². The highest BCUT2D eigenvalue weighted by atomic mass is 16.6. The summed E-state index contributed by atoms with van der Waals surface area (Å²) in [4.78, 5) is 28.1. The lowest BCUT2D eigenvalue weighted by atomic mass is 9.75. The molecule has 30 heavy (non-hydrogen) atoms. The predicted molar refractivity (Wildman–Crippen MR) is 115 cm³/mol. The van der Waals surface area contributed by atoms with Crippen LogP contribution < -0.4 is 4.74 Å². The van der Waals surface area contributed by atoms with E-state index < -0.39 is 0 Å². The first-order valence-electron chi connectivity index (χ1n) is 10.7. The number of hydrogen-bond acceptors (Lipinski definition) is 4. The van der Waals surface area contributed by atoms with Crippen LogP contribution in [0.5, 0.6) is 5.75 Å². The Morgan fingerprint density at radius 1 is 1.03 bits per heavy atom. The van der Waals surface area contributed by atoms with Gasteiger partial charge in [0.2, 0.25) is 0 Å². The number of fused-ring (bicyclic) bond motifs is 2. The van der Waals surface area contributed by atoms with Crippen LogP contribution in [-0.2, 0) is 11.3 Å². The lowest BCUT2D eigenvalue weighted by Gasteiger charge is -2.47. The van der Waals surface area contributed by atoms with Gasteiger partial charge in [-0.05, 0) is 56.7 Å². The number of methoxy groups -OCH3 is 1. The second-order valence-electron chi connectivity index (χ2n) is 8.42. The lowest BCUT2D eigenvalue weighted by molar-refractivity contribution is 0.00467. The van der Waals surface area contributed by atoms with Gasteiger partial charge in [0.05, 0.1) is 12.7 Å². The Bertz CT molecular complexity index is 897. The maximum atomic E-state index is 13.3. The largest absolute Gasteiger partial charge is 0.496 e. The zero-order valence-electron chi connectivity index (χ0n) is 17.7. The van der Waals surface area contributed by atoms with Crippen molar-refractivity contribution in [2.45, 2.75) is 57.7 Å². The third kappa shape index (κ3) is 4.20. The van der Waals surface area contributed by atoms with Crippen LogP contribution in [0.4, 0.5) is 4.79 Å². The molecule has 0 N–H and O–H groups in total. The number of carbonyl (C=O) groups is 2. The van der Waals surface area contributed by atoms with E-state index >= 15 is 0 Å². The van der Waals surface area contributed by atoms with Crippen LogP contribution in [0.1, 0.15) is 53.6 Å². The molecule has 5 nitrogen and oxygen atoms in total. The molecule has 0 spiro atoms. The van der Waals surface area contributed by atoms with Gasteiger partial charge < -0.3 is 14.4 Å². The predicted octanol–water partition coefficient (Wildman–Crippen LogP) is 5.16. The number of rotatable bonds is 5. The van der Waals surface area contributed by atoms with Gasteiger partial charge in [-0.25, -0.2) is 4.79 Å². The second-order valence-corrected chi connectivity index (χ2v) is 8.42. The molecule has 2 heterocycles. The van der Waals surface area contributed by atoms with Gasteiger partial charge >= 0.3 is 6.09 Å². The van der Waals surface area contributed by atoms with Crippen LogP contribution in [0.15, 0.2) is 48.5 Å². The molecule has 2 aliphatic rings. The average molecular weight is 408 g/mol. The van der Waals surface area contributed by atoms with Crippen LogP contribution in [0.3, 0.4) is 0 Å². The minimum Gasteiger partial charge on any atom is -0.496 e. The van der Waals surface area contributed by atoms with E-state index in [-0.39, 0.29) is 36.5 Å². The van der Waals surface area contributed by atoms with Crippen molar-refractivity contribution in [3.8, 4) is 5.75 Å². The van der Waals surface area contributed by atoms with E-state index in [9.17, 15) is 9.59 Å². The van der Waals surface area contributed by atoms with E-state index in [0.717, 1.165) is 30.4 Å². The molecule has 2 unspecified atom stereocenters. The Morgan fingerprint density at radius 2 is 1.73 bits per heavy atom. The first kappa shape index (κ1) is 20.5. The monoisotopic (exact) mass is 407 g/mol. The quantitative estimate of drug-likeness (QED) is 0.643. The van der Waals surface area contributed by atoms with Crippen LogP contribution in [0.25, 0.3) is 0 Å². The summed E-state index contributed by atoms with van der Waals surface area (Å²) in [5, 5.41) is 0. The highest BCUT2D eigenvalue weighted by Crippen LogP contribution is 2.39. The van der Waals surface area contributed by atoms with E-state index in [1.165, 1.54) is 0 Å². The van der Waals surface area contributed by atoms with Gasteiger partial charge in [0.15, 0.2) is 5.78 Å². The maximum Gasteiger partial charge on any atom is 0.410 e. The summed E-state index contributed by atoms with van der Waals surface area (Å²) in [6, 6.07) is 15.6. The van der Waals surface area contributed by atoms with Crippen LogP contribution in [-0.4, -0.2) is 36.0 Å². The molecule has 2 fully saturated rings. The van der Waals surface area contributed by atoms with Crippen molar-refractivity contribution in [3.05, 3.63) is 65.2 Å². The van der Waals surface area contributed by atoms with Crippen molar-refractivity contribution in [1.82, 2.24) is 4.90 Å². The van der Waals surface area contributed by atoms with E-state index in [1.54, 1.807) is 7.11 Å². The van der Waals surface area contributed by atoms with Crippen molar-refractivity contribution in [1.29, 1.82) is 0 Å². The van der Waals surface area contributed by atoms with Crippen LogP contribution >= 0.6 is 0 Å². The minimum absolute atomic E-state index is 0.0607. The third-order valence-corrected chi connectivity index (χ3v) is 6.38. The fraction of sp³-hybridized carbons (Fsp3) is 0.440. The Hall–Kier alpha value is -2.82. The molecule has 0 aromatic heterocycles. The number of ketones is 1. The number of Topliss-reactive ketones (excluding diaryl/α,β-unsaturated/α-hetero) is 1. The molecule has 158 valence electrons. The first-order valence-corrected chi connectivity index (χ1v) is 10.7. The summed E-state index contributed by atoms with van der Waals surface area (Å²) >= 11 is 0. The summed E-state index contributed by atoms with van der Waals surface area (Å²) in [7, 11) is 1.60. The zero-order valence-corrected chi connectivity index (χ0v) is 17.7. The van der Waals surface area contributed by atoms with Crippen LogP contribution in [0.2, 0.25) is 0 Å². The summed E-state index contributed by atoms with van der Waals surface area (Å²) in [6.07, 6.45) is 4.05. The molecule has 2 aromatic carbocycles. The maximum absolute atomic E-state index is 13.3. The SMILES string of the molecule is COc1ccc(C)cc1C(=O)C1CC2CCCC(C1)N2C(=O)OCc1ccccc1. The summed E-state index contributed by atoms with van der Waals surface area (Å²) < 4.78 is 11.1. The summed E-state index contributed by atoms with van der Waals surface area (Å²) in [5.41, 5.74) is 2.68. The minimum atomic E-state index is -0.257. The van der Waals surface area contributed by atoms with Gasteiger partial charge in [-0.3, -0.25) is 4.79 Å². The number of carbonyl (C=O) groups excluding carboxylic acids is 2. The van der Waals surface area contributed by atoms with Crippen molar-refractivity contribution in [2.24, 2.45) is 5.92 Å². The molecule has 1 amide bonds. The van der Waals surface area contributed by atoms with Gasteiger partial charge in [-0.1, -0.05) is 42.0 Å². The molecule has 0 aliphatic carbocycles. The molecule has 4 rings (SSSR count). The summed E-state index contributed by atoms with van der Waals surface area (Å²) in [6.45, 7) is 2.26. The number of hydrogen-bond donors (Lipinski definition) is 0. The molecule has 5 heteroatoms. The number of benzene rings is 2. The van der Waals surface area contributed by atoms with Crippen molar-refractivity contribution >= 4 is 11.9 Å². The Balaban J connectivity index is 1.46. The Kier molecular flexibility index (Phi) is 6.07. The van der Waals surface area contributed by atoms with E-state index in [0.29, 0.717) is 24.2 Å². The first-order chi connectivity index (χ1) is 14.6. The normalized spacial score (nSPS) is 23.0. The van der Waals surface area contributed by atoms with E-state index in [1.807, 2.05) is 60.4 Å². The second kappa shape index (κ2) is 8.90. The van der Waals surface area contributed by atoms with Crippen molar-refractivity contribution in [3.63, 3.8) is 0 Å². The molecule has 2 saturated heterocycles. The van der Waals surface area contributed by atoms with Crippen molar-refractivity contribution < 1.29 is 19.1 Å². The molecule has 2 atom stereocenters. The third-order valence-electron chi connectivity index (χ3n) is 6.38. The molecule has 0 radical (unpaired) electrons. The standard InChI is InChI=1S/C25H29NO4/c1-17-11-12-23(29-2)22(13-17)24(27)19-14-20-9-6-10-21(15-19)26(20)25(28)30-16-18-7-4-3-5-8-18/h3-5,7-8,11-13,19-21H,6,9-10,14-16H2,1-2H3. The van der Waals surface area contributed by atoms with Gasteiger partial charge in [0.25, 0.3) is 0 Å². The molecule has 0 saturated carbocycles. The van der Waals surface area contributed by atoms with Gasteiger partial charge in [0, 0.05) is 18.0 Å². The van der Waals surface area contributed by atoms with Gasteiger partial charge in [-0.15, -0.1) is 0 Å². The fourth-order valence-corrected chi connectivity index (χ4v) is 4.92. The number of nitrogens with zero attached hydrogens (tertiary/aromatic N) is 1. The summed E-state index contributed by atoms with van der Waals surface area (Å²) in [5.74, 6) is 0.666. The molecular weight excluding hydrogens is 378 g/mol. The fourth-order valence-electron chi connectivity index (χ4n) is 4.92. The number of piperidine rings is 2. The molecule has 2 bridgehead atoms. The van der Waals surface area contributed by atoms with Gasteiger partial charge in [-0.2, -0.15) is 0 Å². The van der Waals surface area contributed by atoms with E-state index in [2.05, 4.69) is 0 Å². The Morgan fingerprint density at radius 3 is 2.40 bits per heavy atom. The van der Waals surface area contributed by atoms with E-state index in [4.69, 9.17) is 9.47 Å². The average Bonchev–Trinajstić information content (AvgIpc) is 2.76. The highest BCUT2D eigenvalue weighted by Gasteiger charge is 2.44. The molecule has 2 aromatic rings. The zero-order chi connectivity index (χ0) is 21.1. The highest BCUT2D eigenvalue weighted by molar-refractivity contribution is 6.00. The van der Waals surface area contributed by atoms with Gasteiger partial charge in [0.1, 0.15) is 12.4 Å². The smallest absolute Gasteiger partial charge is 0.410 e. The topological polar surface area (TPSA) is 55.8 Å². The Labute approximate surface area is 178 Å². The number of ether oxygens (including phenoxy) is 2. The van der Waals surface area contributed by atoms with Crippen LogP contribution in [0, 0.1) is 12.8 Å². The number of aryl methyl sites for hydroxylation is 1.